The zero-order valence-corrected chi connectivity index (χ0v) is 20.1. The number of benzene rings is 2. The third-order valence-corrected chi connectivity index (χ3v) is 6.03. The average Bonchev–Trinajstić information content (AvgIpc) is 3.26. The van der Waals surface area contributed by atoms with Crippen LogP contribution in [0.5, 0.6) is 0 Å². The molecule has 9 nitrogen and oxygen atoms in total. The summed E-state index contributed by atoms with van der Waals surface area (Å²) in [6.45, 7) is 1.81. The van der Waals surface area contributed by atoms with Crippen LogP contribution in [0.4, 0.5) is 10.3 Å². The zero-order chi connectivity index (χ0) is 26.0. The molecule has 1 aliphatic carbocycles. The molecule has 36 heavy (non-hydrogen) atoms. The van der Waals surface area contributed by atoms with Gasteiger partial charge in [0, 0.05) is 26.7 Å². The Balaban J connectivity index is 1.51. The minimum absolute atomic E-state index is 0.0237. The van der Waals surface area contributed by atoms with Crippen LogP contribution in [0.25, 0.3) is 0 Å². The van der Waals surface area contributed by atoms with Gasteiger partial charge in [0.2, 0.25) is 5.95 Å². The van der Waals surface area contributed by atoms with Crippen molar-refractivity contribution in [2.45, 2.75) is 32.4 Å². The van der Waals surface area contributed by atoms with Crippen LogP contribution in [0.15, 0.2) is 42.5 Å². The molecule has 0 fully saturated rings. The molecule has 0 unspecified atom stereocenters. The van der Waals surface area contributed by atoms with Crippen molar-refractivity contribution in [2.24, 2.45) is 0 Å². The number of aromatic carboxylic acids is 1. The summed E-state index contributed by atoms with van der Waals surface area (Å²) in [7, 11) is 3.40. The smallest absolute Gasteiger partial charge is 0.335 e. The van der Waals surface area contributed by atoms with Crippen molar-refractivity contribution in [1.29, 1.82) is 0 Å². The molecule has 1 aliphatic rings. The molecular weight excluding hydrogens is 465 g/mol. The predicted molar refractivity (Wildman–Crippen MR) is 131 cm³/mol. The molecule has 2 aromatic carbocycles. The van der Waals surface area contributed by atoms with Gasteiger partial charge in [-0.05, 0) is 60.2 Å². The summed E-state index contributed by atoms with van der Waals surface area (Å²) in [6.07, 6.45) is 1.27. The van der Waals surface area contributed by atoms with Gasteiger partial charge in [0.25, 0.3) is 11.8 Å². The molecular formula is C26H26FN5O4. The number of carboxylic acids is 1. The SMILES string of the molecule is Cc1cc(CNC(=O)c2cc(C(=O)N[C@H]3CCc4cc(C(=O)O)ccc43)nc(N(C)C)n2)ccc1F. The van der Waals surface area contributed by atoms with Gasteiger partial charge in [-0.15, -0.1) is 0 Å². The Morgan fingerprint density at radius 3 is 2.44 bits per heavy atom. The Labute approximate surface area is 207 Å². The standard InChI is InChI=1S/C26H26FN5O4/c1-14-10-15(4-8-19(14)27)13-28-23(33)21-12-22(31-26(30-21)32(2)3)24(34)29-20-9-6-16-11-17(25(35)36)5-7-18(16)20/h4-5,7-8,10-12,20H,6,9,13H2,1-3H3,(H,28,33)(H,29,34)(H,35,36)/t20-/m0/s1. The molecule has 0 saturated carbocycles. The predicted octanol–water partition coefficient (Wildman–Crippen LogP) is 3.04. The number of aromatic nitrogens is 2. The Kier molecular flexibility index (Phi) is 6.96. The highest BCUT2D eigenvalue weighted by Gasteiger charge is 2.26. The number of nitrogens with zero attached hydrogens (tertiary/aromatic N) is 3. The Bertz CT molecular complexity index is 1360. The van der Waals surface area contributed by atoms with E-state index in [4.69, 9.17) is 0 Å². The van der Waals surface area contributed by atoms with Gasteiger partial charge in [-0.25, -0.2) is 19.2 Å². The summed E-state index contributed by atoms with van der Waals surface area (Å²) in [5.41, 5.74) is 3.22. The second-order valence-electron chi connectivity index (χ2n) is 8.88. The number of nitrogens with one attached hydrogen (secondary N) is 2. The van der Waals surface area contributed by atoms with E-state index in [2.05, 4.69) is 20.6 Å². The fourth-order valence-corrected chi connectivity index (χ4v) is 4.09. The number of hydrogen-bond donors (Lipinski definition) is 3. The van der Waals surface area contributed by atoms with Crippen molar-refractivity contribution < 1.29 is 23.9 Å². The molecule has 0 radical (unpaired) electrons. The minimum Gasteiger partial charge on any atom is -0.478 e. The Morgan fingerprint density at radius 2 is 1.78 bits per heavy atom. The highest BCUT2D eigenvalue weighted by atomic mass is 19.1. The lowest BCUT2D eigenvalue weighted by Crippen LogP contribution is -2.30. The van der Waals surface area contributed by atoms with Crippen LogP contribution in [-0.4, -0.2) is 47.0 Å². The lowest BCUT2D eigenvalue weighted by molar-refractivity contribution is 0.0696. The number of hydrogen-bond acceptors (Lipinski definition) is 6. The van der Waals surface area contributed by atoms with E-state index in [1.54, 1.807) is 50.2 Å². The van der Waals surface area contributed by atoms with Crippen LogP contribution in [0, 0.1) is 12.7 Å². The first-order valence-corrected chi connectivity index (χ1v) is 11.4. The maximum Gasteiger partial charge on any atom is 0.335 e. The molecule has 0 spiro atoms. The zero-order valence-electron chi connectivity index (χ0n) is 20.1. The van der Waals surface area contributed by atoms with Crippen molar-refractivity contribution in [3.63, 3.8) is 0 Å². The van der Waals surface area contributed by atoms with Gasteiger partial charge in [0.15, 0.2) is 0 Å². The van der Waals surface area contributed by atoms with Crippen LogP contribution >= 0.6 is 0 Å². The summed E-state index contributed by atoms with van der Waals surface area (Å²) in [6, 6.07) is 10.5. The normalized spacial score (nSPS) is 14.2. The van der Waals surface area contributed by atoms with Crippen LogP contribution < -0.4 is 15.5 Å². The monoisotopic (exact) mass is 491 g/mol. The van der Waals surface area contributed by atoms with E-state index < -0.39 is 17.8 Å². The first-order valence-electron chi connectivity index (χ1n) is 11.4. The third kappa shape index (κ3) is 5.32. The van der Waals surface area contributed by atoms with E-state index in [9.17, 15) is 23.9 Å². The van der Waals surface area contributed by atoms with E-state index in [0.717, 1.165) is 16.7 Å². The molecule has 3 N–H and O–H groups in total. The molecule has 0 saturated heterocycles. The van der Waals surface area contributed by atoms with Gasteiger partial charge >= 0.3 is 5.97 Å². The molecule has 1 heterocycles. The molecule has 2 amide bonds. The first kappa shape index (κ1) is 24.8. The molecule has 0 bridgehead atoms. The number of carbonyl (C=O) groups excluding carboxylic acids is 2. The fraction of sp³-hybridized carbons (Fsp3) is 0.269. The lowest BCUT2D eigenvalue weighted by atomic mass is 10.0. The van der Waals surface area contributed by atoms with Gasteiger partial charge in [-0.2, -0.15) is 0 Å². The molecule has 0 aliphatic heterocycles. The largest absolute Gasteiger partial charge is 0.478 e. The summed E-state index contributed by atoms with van der Waals surface area (Å²) >= 11 is 0. The number of anilines is 1. The van der Waals surface area contributed by atoms with E-state index in [0.29, 0.717) is 18.4 Å². The number of rotatable bonds is 7. The van der Waals surface area contributed by atoms with Gasteiger partial charge in [-0.3, -0.25) is 9.59 Å². The van der Waals surface area contributed by atoms with Crippen LogP contribution in [-0.2, 0) is 13.0 Å². The number of amides is 2. The highest BCUT2D eigenvalue weighted by Crippen LogP contribution is 2.32. The number of halogens is 1. The molecule has 4 rings (SSSR count). The quantitative estimate of drug-likeness (QED) is 0.464. The van der Waals surface area contributed by atoms with Gasteiger partial charge in [0.1, 0.15) is 17.2 Å². The number of aryl methyl sites for hydroxylation is 2. The lowest BCUT2D eigenvalue weighted by Gasteiger charge is -2.16. The van der Waals surface area contributed by atoms with Crippen molar-refractivity contribution in [2.75, 3.05) is 19.0 Å². The minimum atomic E-state index is -0.997. The van der Waals surface area contributed by atoms with Crippen molar-refractivity contribution in [1.82, 2.24) is 20.6 Å². The molecule has 1 atom stereocenters. The average molecular weight is 492 g/mol. The summed E-state index contributed by atoms with van der Waals surface area (Å²) in [5, 5.41) is 14.9. The van der Waals surface area contributed by atoms with Crippen molar-refractivity contribution >= 4 is 23.7 Å². The molecule has 1 aromatic heterocycles. The fourth-order valence-electron chi connectivity index (χ4n) is 4.09. The highest BCUT2D eigenvalue weighted by molar-refractivity contribution is 5.98. The van der Waals surface area contributed by atoms with E-state index in [-0.39, 0.29) is 41.3 Å². The third-order valence-electron chi connectivity index (χ3n) is 6.03. The van der Waals surface area contributed by atoms with Crippen LogP contribution in [0.1, 0.15) is 66.1 Å². The van der Waals surface area contributed by atoms with Gasteiger partial charge in [-0.1, -0.05) is 18.2 Å². The van der Waals surface area contributed by atoms with Gasteiger partial charge < -0.3 is 20.6 Å². The molecule has 3 aromatic rings. The van der Waals surface area contributed by atoms with Gasteiger partial charge in [0.05, 0.1) is 11.6 Å². The maximum absolute atomic E-state index is 13.5. The summed E-state index contributed by atoms with van der Waals surface area (Å²) < 4.78 is 13.5. The number of carboxylic acid groups (broad SMARTS) is 1. The number of fused-ring (bicyclic) bond motifs is 1. The van der Waals surface area contributed by atoms with E-state index in [1.807, 2.05) is 0 Å². The van der Waals surface area contributed by atoms with Crippen molar-refractivity contribution in [3.8, 4) is 0 Å². The Morgan fingerprint density at radius 1 is 1.06 bits per heavy atom. The Hall–Kier alpha value is -4.34. The second kappa shape index (κ2) is 10.1. The summed E-state index contributed by atoms with van der Waals surface area (Å²) in [5.74, 6) is -2.08. The molecule has 10 heteroatoms. The van der Waals surface area contributed by atoms with Crippen LogP contribution in [0.2, 0.25) is 0 Å². The summed E-state index contributed by atoms with van der Waals surface area (Å²) in [4.78, 5) is 47.3. The second-order valence-corrected chi connectivity index (χ2v) is 8.88. The van der Waals surface area contributed by atoms with E-state index >= 15 is 0 Å². The topological polar surface area (TPSA) is 125 Å². The molecule has 186 valence electrons. The van der Waals surface area contributed by atoms with Crippen molar-refractivity contribution in [3.05, 3.63) is 87.5 Å². The van der Waals surface area contributed by atoms with E-state index in [1.165, 1.54) is 18.2 Å². The van der Waals surface area contributed by atoms with Crippen LogP contribution in [0.3, 0.4) is 0 Å². The first-order chi connectivity index (χ1) is 17.1. The number of carbonyl (C=O) groups is 3. The maximum atomic E-state index is 13.5.